The maximum absolute atomic E-state index is 8.48. The molecule has 0 aliphatic heterocycles. The Labute approximate surface area is 62.9 Å². The van der Waals surface area contributed by atoms with Gasteiger partial charge in [0.15, 0.2) is 0 Å². The molecule has 0 saturated heterocycles. The Morgan fingerprint density at radius 2 is 2.45 bits per heavy atom. The highest BCUT2D eigenvalue weighted by Crippen LogP contribution is 2.13. The van der Waals surface area contributed by atoms with Crippen LogP contribution in [0, 0.1) is 11.3 Å². The van der Waals surface area contributed by atoms with Crippen molar-refractivity contribution < 1.29 is 4.42 Å². The van der Waals surface area contributed by atoms with Crippen LogP contribution in [0.3, 0.4) is 0 Å². The molecule has 0 aromatic carbocycles. The zero-order valence-electron chi connectivity index (χ0n) is 5.61. The molecular weight excluding hydrogens is 140 g/mol. The Hall–Kier alpha value is -1.82. The van der Waals surface area contributed by atoms with E-state index in [-0.39, 0.29) is 0 Å². The van der Waals surface area contributed by atoms with E-state index >= 15 is 0 Å². The third-order valence-corrected chi connectivity index (χ3v) is 1.45. The number of nitriles is 1. The number of fused-ring (bicyclic) bond motifs is 1. The molecule has 0 atom stereocenters. The van der Waals surface area contributed by atoms with Gasteiger partial charge in [-0.2, -0.15) is 5.26 Å². The van der Waals surface area contributed by atoms with Gasteiger partial charge in [-0.15, -0.1) is 0 Å². The second-order valence-corrected chi connectivity index (χ2v) is 2.14. The molecule has 52 valence electrons. The number of pyridine rings is 1. The fourth-order valence-corrected chi connectivity index (χ4v) is 0.916. The van der Waals surface area contributed by atoms with Gasteiger partial charge < -0.3 is 4.42 Å². The van der Waals surface area contributed by atoms with Crippen molar-refractivity contribution in [1.29, 1.82) is 5.26 Å². The van der Waals surface area contributed by atoms with Gasteiger partial charge in [-0.3, -0.25) is 0 Å². The van der Waals surface area contributed by atoms with Crippen molar-refractivity contribution in [3.8, 4) is 6.07 Å². The number of nitrogens with zero attached hydrogens (tertiary/aromatic N) is 2. The fraction of sp³-hybridized carbons (Fsp3) is 0. The minimum absolute atomic E-state index is 0.382. The molecular formula is C8H4N2O. The molecule has 11 heavy (non-hydrogen) atoms. The molecule has 0 radical (unpaired) electrons. The average Bonchev–Trinajstić information content (AvgIpc) is 2.50. The lowest BCUT2D eigenvalue weighted by Crippen LogP contribution is -1.78. The highest BCUT2D eigenvalue weighted by atomic mass is 16.3. The summed E-state index contributed by atoms with van der Waals surface area (Å²) < 4.78 is 5.07. The second-order valence-electron chi connectivity index (χ2n) is 2.14. The Balaban J connectivity index is 2.79. The third-order valence-electron chi connectivity index (χ3n) is 1.45. The van der Waals surface area contributed by atoms with E-state index in [0.717, 1.165) is 5.39 Å². The zero-order valence-corrected chi connectivity index (χ0v) is 5.61. The lowest BCUT2D eigenvalue weighted by Gasteiger charge is -1.86. The van der Waals surface area contributed by atoms with Gasteiger partial charge in [0.05, 0.1) is 6.26 Å². The van der Waals surface area contributed by atoms with E-state index < -0.39 is 0 Å². The van der Waals surface area contributed by atoms with Gasteiger partial charge in [-0.05, 0) is 6.07 Å². The molecule has 0 bridgehead atoms. The molecule has 3 nitrogen and oxygen atoms in total. The molecule has 0 spiro atoms. The molecule has 0 amide bonds. The smallest absolute Gasteiger partial charge is 0.144 e. The molecule has 3 heteroatoms. The quantitative estimate of drug-likeness (QED) is 0.565. The van der Waals surface area contributed by atoms with Gasteiger partial charge in [0.2, 0.25) is 0 Å². The van der Waals surface area contributed by atoms with Crippen molar-refractivity contribution in [1.82, 2.24) is 4.98 Å². The topological polar surface area (TPSA) is 49.8 Å². The van der Waals surface area contributed by atoms with Crippen molar-refractivity contribution in [3.63, 3.8) is 0 Å². The molecule has 2 heterocycles. The van der Waals surface area contributed by atoms with Crippen LogP contribution in [0.5, 0.6) is 0 Å². The fourth-order valence-electron chi connectivity index (χ4n) is 0.916. The first-order valence-electron chi connectivity index (χ1n) is 3.13. The molecule has 0 saturated carbocycles. The molecule has 2 aromatic rings. The van der Waals surface area contributed by atoms with Crippen molar-refractivity contribution in [2.24, 2.45) is 0 Å². The second kappa shape index (κ2) is 2.10. The Morgan fingerprint density at radius 3 is 3.27 bits per heavy atom. The Kier molecular flexibility index (Phi) is 1.13. The van der Waals surface area contributed by atoms with Crippen molar-refractivity contribution in [2.75, 3.05) is 0 Å². The van der Waals surface area contributed by atoms with Gasteiger partial charge in [0.1, 0.15) is 17.3 Å². The summed E-state index contributed by atoms with van der Waals surface area (Å²) in [7, 11) is 0. The summed E-state index contributed by atoms with van der Waals surface area (Å²) in [6.45, 7) is 0. The number of hydrogen-bond acceptors (Lipinski definition) is 3. The van der Waals surface area contributed by atoms with Crippen LogP contribution in [0.1, 0.15) is 5.69 Å². The standard InChI is InChI=1S/C8H4N2O/c9-4-7-3-8-6(5-10-7)1-2-11-8/h1-3,5H. The van der Waals surface area contributed by atoms with Crippen LogP contribution >= 0.6 is 0 Å². The molecule has 0 unspecified atom stereocenters. The lowest BCUT2D eigenvalue weighted by atomic mass is 10.3. The molecule has 0 fully saturated rings. The van der Waals surface area contributed by atoms with E-state index in [4.69, 9.17) is 9.68 Å². The Bertz CT molecular complexity index is 425. The Morgan fingerprint density at radius 1 is 1.55 bits per heavy atom. The molecule has 0 N–H and O–H groups in total. The number of hydrogen-bond donors (Lipinski definition) is 0. The van der Waals surface area contributed by atoms with Crippen LogP contribution in [0.25, 0.3) is 11.0 Å². The van der Waals surface area contributed by atoms with Crippen LogP contribution in [0.2, 0.25) is 0 Å². The van der Waals surface area contributed by atoms with Gasteiger partial charge in [0.25, 0.3) is 0 Å². The van der Waals surface area contributed by atoms with Crippen LogP contribution in [-0.4, -0.2) is 4.98 Å². The summed E-state index contributed by atoms with van der Waals surface area (Å²) in [4.78, 5) is 3.88. The van der Waals surface area contributed by atoms with Crippen molar-refractivity contribution in [2.45, 2.75) is 0 Å². The van der Waals surface area contributed by atoms with E-state index in [1.807, 2.05) is 12.1 Å². The SMILES string of the molecule is N#Cc1cc2occc2cn1. The maximum atomic E-state index is 8.48. The van der Waals surface area contributed by atoms with E-state index in [9.17, 15) is 0 Å². The van der Waals surface area contributed by atoms with E-state index in [1.54, 1.807) is 18.5 Å². The first kappa shape index (κ1) is 5.93. The number of rotatable bonds is 0. The van der Waals surface area contributed by atoms with Crippen molar-refractivity contribution in [3.05, 3.63) is 30.3 Å². The summed E-state index contributed by atoms with van der Waals surface area (Å²) in [6, 6.07) is 5.37. The van der Waals surface area contributed by atoms with Crippen molar-refractivity contribution >= 4 is 11.0 Å². The van der Waals surface area contributed by atoms with E-state index in [0.29, 0.717) is 11.3 Å². The number of furan rings is 1. The summed E-state index contributed by atoms with van der Waals surface area (Å²) in [6.07, 6.45) is 3.20. The first-order chi connectivity index (χ1) is 5.40. The summed E-state index contributed by atoms with van der Waals surface area (Å²) in [5, 5.41) is 9.40. The number of aromatic nitrogens is 1. The predicted octanol–water partition coefficient (Wildman–Crippen LogP) is 1.70. The van der Waals surface area contributed by atoms with Crippen LogP contribution < -0.4 is 0 Å². The molecule has 2 aromatic heterocycles. The highest BCUT2D eigenvalue weighted by molar-refractivity contribution is 5.76. The average molecular weight is 144 g/mol. The highest BCUT2D eigenvalue weighted by Gasteiger charge is 1.97. The van der Waals surface area contributed by atoms with Crippen LogP contribution in [-0.2, 0) is 0 Å². The minimum Gasteiger partial charge on any atom is -0.464 e. The van der Waals surface area contributed by atoms with E-state index in [1.165, 1.54) is 0 Å². The van der Waals surface area contributed by atoms with Crippen LogP contribution in [0.4, 0.5) is 0 Å². The maximum Gasteiger partial charge on any atom is 0.144 e. The molecule has 0 aliphatic rings. The third kappa shape index (κ3) is 0.849. The minimum atomic E-state index is 0.382. The predicted molar refractivity (Wildman–Crippen MR) is 38.7 cm³/mol. The summed E-state index contributed by atoms with van der Waals surface area (Å²) in [5.41, 5.74) is 1.09. The molecule has 0 aliphatic carbocycles. The van der Waals surface area contributed by atoms with Gasteiger partial charge in [0, 0.05) is 17.6 Å². The normalized spacial score (nSPS) is 9.73. The summed E-state index contributed by atoms with van der Waals surface area (Å²) in [5.74, 6) is 0. The largest absolute Gasteiger partial charge is 0.464 e. The lowest BCUT2D eigenvalue weighted by molar-refractivity contribution is 0.615. The van der Waals surface area contributed by atoms with E-state index in [2.05, 4.69) is 4.98 Å². The van der Waals surface area contributed by atoms with Gasteiger partial charge in [-0.25, -0.2) is 4.98 Å². The van der Waals surface area contributed by atoms with Gasteiger partial charge >= 0.3 is 0 Å². The molecule has 2 rings (SSSR count). The first-order valence-corrected chi connectivity index (χ1v) is 3.13. The van der Waals surface area contributed by atoms with Crippen LogP contribution in [0.15, 0.2) is 29.0 Å². The summed E-state index contributed by atoms with van der Waals surface area (Å²) >= 11 is 0. The van der Waals surface area contributed by atoms with Gasteiger partial charge in [-0.1, -0.05) is 0 Å². The monoisotopic (exact) mass is 144 g/mol. The zero-order chi connectivity index (χ0) is 7.68.